The van der Waals surface area contributed by atoms with Crippen molar-refractivity contribution in [3.8, 4) is 11.5 Å². The number of ether oxygens (including phenoxy) is 2. The van der Waals surface area contributed by atoms with Crippen LogP contribution < -0.4 is 20.5 Å². The van der Waals surface area contributed by atoms with E-state index < -0.39 is 0 Å². The minimum absolute atomic E-state index is 0. The van der Waals surface area contributed by atoms with Crippen LogP contribution in [0, 0.1) is 0 Å². The Kier molecular flexibility index (Phi) is 8.27. The van der Waals surface area contributed by atoms with E-state index in [9.17, 15) is 0 Å². The summed E-state index contributed by atoms with van der Waals surface area (Å²) in [6.45, 7) is 9.70. The van der Waals surface area contributed by atoms with Crippen LogP contribution >= 0.6 is 24.0 Å². The van der Waals surface area contributed by atoms with E-state index >= 15 is 0 Å². The highest BCUT2D eigenvalue weighted by molar-refractivity contribution is 14.0. The molecule has 1 aliphatic heterocycles. The van der Waals surface area contributed by atoms with Crippen molar-refractivity contribution in [2.75, 3.05) is 33.9 Å². The first-order valence-corrected chi connectivity index (χ1v) is 8.36. The van der Waals surface area contributed by atoms with Gasteiger partial charge in [0.15, 0.2) is 17.5 Å². The summed E-state index contributed by atoms with van der Waals surface area (Å²) < 4.78 is 10.8. The zero-order valence-electron chi connectivity index (χ0n) is 15.9. The Labute approximate surface area is 168 Å². The molecule has 0 aliphatic carbocycles. The molecule has 0 saturated carbocycles. The molecule has 1 heterocycles. The normalized spacial score (nSPS) is 15.2. The first kappa shape index (κ1) is 21.8. The lowest BCUT2D eigenvalue weighted by Gasteiger charge is -2.29. The molecule has 6 nitrogen and oxygen atoms in total. The molecule has 3 N–H and O–H groups in total. The number of aliphatic imine (C=N–C) groups is 1. The highest BCUT2D eigenvalue weighted by Gasteiger charge is 2.19. The van der Waals surface area contributed by atoms with Gasteiger partial charge in [-0.15, -0.1) is 24.0 Å². The summed E-state index contributed by atoms with van der Waals surface area (Å²) in [6.07, 6.45) is 1.01. The number of guanidine groups is 1. The predicted molar refractivity (Wildman–Crippen MR) is 113 cm³/mol. The third-order valence-corrected chi connectivity index (χ3v) is 4.00. The van der Waals surface area contributed by atoms with E-state index in [2.05, 4.69) is 48.1 Å². The quantitative estimate of drug-likeness (QED) is 0.400. The first-order chi connectivity index (χ1) is 11.3. The summed E-state index contributed by atoms with van der Waals surface area (Å²) in [5.41, 5.74) is 8.48. The van der Waals surface area contributed by atoms with Gasteiger partial charge in [-0.2, -0.15) is 0 Å². The molecular formula is C18H31IN4O2. The number of nitrogens with zero attached hydrogens (tertiary/aromatic N) is 2. The van der Waals surface area contributed by atoms with Gasteiger partial charge in [-0.05, 0) is 50.5 Å². The van der Waals surface area contributed by atoms with Crippen molar-refractivity contribution >= 4 is 29.9 Å². The van der Waals surface area contributed by atoms with Crippen molar-refractivity contribution in [3.63, 3.8) is 0 Å². The molecule has 0 unspecified atom stereocenters. The van der Waals surface area contributed by atoms with E-state index in [1.807, 2.05) is 0 Å². The molecule has 0 saturated heterocycles. The second-order valence-corrected chi connectivity index (χ2v) is 7.14. The van der Waals surface area contributed by atoms with Crippen LogP contribution in [0.15, 0.2) is 17.1 Å². The lowest BCUT2D eigenvalue weighted by Crippen LogP contribution is -2.45. The van der Waals surface area contributed by atoms with E-state index in [4.69, 9.17) is 15.2 Å². The third-order valence-electron chi connectivity index (χ3n) is 4.00. The van der Waals surface area contributed by atoms with E-state index in [1.54, 1.807) is 14.2 Å². The number of nitrogens with two attached hydrogens (primary N) is 1. The van der Waals surface area contributed by atoms with Crippen LogP contribution in [-0.4, -0.2) is 50.3 Å². The third kappa shape index (κ3) is 6.54. The smallest absolute Gasteiger partial charge is 0.189 e. The second-order valence-electron chi connectivity index (χ2n) is 7.14. The van der Waals surface area contributed by atoms with Gasteiger partial charge in [0.1, 0.15) is 0 Å². The molecule has 1 aromatic rings. The SMILES string of the molecule is COc1cc2c(cc1OC)CN(CCN=C(N)NC(C)(C)C)CC2.I. The zero-order chi connectivity index (χ0) is 17.7. The highest BCUT2D eigenvalue weighted by atomic mass is 127. The Hall–Kier alpha value is -1.22. The molecule has 0 spiro atoms. The summed E-state index contributed by atoms with van der Waals surface area (Å²) in [4.78, 5) is 6.81. The molecule has 0 radical (unpaired) electrons. The Morgan fingerprint density at radius 2 is 1.80 bits per heavy atom. The molecule has 1 aliphatic rings. The van der Waals surface area contributed by atoms with Crippen LogP contribution in [0.2, 0.25) is 0 Å². The number of benzene rings is 1. The molecule has 0 bridgehead atoms. The maximum atomic E-state index is 5.91. The fourth-order valence-electron chi connectivity index (χ4n) is 2.87. The van der Waals surface area contributed by atoms with E-state index in [-0.39, 0.29) is 29.5 Å². The summed E-state index contributed by atoms with van der Waals surface area (Å²) >= 11 is 0. The van der Waals surface area contributed by atoms with Crippen molar-refractivity contribution in [3.05, 3.63) is 23.3 Å². The molecular weight excluding hydrogens is 431 g/mol. The van der Waals surface area contributed by atoms with Gasteiger partial charge in [0.2, 0.25) is 0 Å². The molecule has 142 valence electrons. The van der Waals surface area contributed by atoms with Gasteiger partial charge in [-0.3, -0.25) is 9.89 Å². The van der Waals surface area contributed by atoms with Gasteiger partial charge in [0.05, 0.1) is 20.8 Å². The molecule has 25 heavy (non-hydrogen) atoms. The Balaban J connectivity index is 0.00000312. The fourth-order valence-corrected chi connectivity index (χ4v) is 2.87. The van der Waals surface area contributed by atoms with Crippen molar-refractivity contribution in [1.82, 2.24) is 10.2 Å². The summed E-state index contributed by atoms with van der Waals surface area (Å²) in [7, 11) is 3.35. The van der Waals surface area contributed by atoms with Crippen LogP contribution in [0.25, 0.3) is 0 Å². The molecule has 2 rings (SSSR count). The summed E-state index contributed by atoms with van der Waals surface area (Å²) in [5.74, 6) is 2.09. The monoisotopic (exact) mass is 462 g/mol. The van der Waals surface area contributed by atoms with Crippen LogP contribution in [0.4, 0.5) is 0 Å². The zero-order valence-corrected chi connectivity index (χ0v) is 18.2. The first-order valence-electron chi connectivity index (χ1n) is 8.36. The minimum Gasteiger partial charge on any atom is -0.493 e. The topological polar surface area (TPSA) is 72.1 Å². The molecule has 0 atom stereocenters. The molecule has 0 amide bonds. The molecule has 0 fully saturated rings. The summed E-state index contributed by atoms with van der Waals surface area (Å²) in [5, 5.41) is 3.18. The van der Waals surface area contributed by atoms with E-state index in [0.717, 1.165) is 37.6 Å². The average Bonchev–Trinajstić information content (AvgIpc) is 2.51. The fraction of sp³-hybridized carbons (Fsp3) is 0.611. The number of hydrogen-bond acceptors (Lipinski definition) is 4. The Bertz CT molecular complexity index is 599. The largest absolute Gasteiger partial charge is 0.493 e. The van der Waals surface area contributed by atoms with Crippen molar-refractivity contribution in [2.45, 2.75) is 39.3 Å². The van der Waals surface area contributed by atoms with Gasteiger partial charge in [-0.25, -0.2) is 0 Å². The number of fused-ring (bicyclic) bond motifs is 1. The predicted octanol–water partition coefficient (Wildman–Crippen LogP) is 2.38. The standard InChI is InChI=1S/C18H30N4O2.HI/c1-18(2,3)21-17(19)20-7-9-22-8-6-13-10-15(23-4)16(24-5)11-14(13)12-22;/h10-11H,6-9,12H2,1-5H3,(H3,19,20,21);1H. The molecule has 7 heteroatoms. The van der Waals surface area contributed by atoms with Crippen LogP contribution in [0.5, 0.6) is 11.5 Å². The average molecular weight is 462 g/mol. The van der Waals surface area contributed by atoms with Crippen molar-refractivity contribution in [2.24, 2.45) is 10.7 Å². The van der Waals surface area contributed by atoms with Gasteiger partial charge in [0, 0.05) is 25.2 Å². The Morgan fingerprint density at radius 3 is 2.36 bits per heavy atom. The lowest BCUT2D eigenvalue weighted by molar-refractivity contribution is 0.260. The van der Waals surface area contributed by atoms with Gasteiger partial charge in [-0.1, -0.05) is 0 Å². The lowest BCUT2D eigenvalue weighted by atomic mass is 9.99. The highest BCUT2D eigenvalue weighted by Crippen LogP contribution is 2.33. The maximum absolute atomic E-state index is 5.91. The van der Waals surface area contributed by atoms with Gasteiger partial charge in [0.25, 0.3) is 0 Å². The summed E-state index contributed by atoms with van der Waals surface area (Å²) in [6, 6.07) is 4.17. The number of methoxy groups -OCH3 is 2. The number of rotatable bonds is 5. The maximum Gasteiger partial charge on any atom is 0.189 e. The van der Waals surface area contributed by atoms with Gasteiger partial charge < -0.3 is 20.5 Å². The van der Waals surface area contributed by atoms with Crippen molar-refractivity contribution in [1.29, 1.82) is 0 Å². The van der Waals surface area contributed by atoms with E-state index in [0.29, 0.717) is 12.5 Å². The second kappa shape index (κ2) is 9.47. The number of nitrogens with one attached hydrogen (secondary N) is 1. The van der Waals surface area contributed by atoms with Crippen LogP contribution in [0.1, 0.15) is 31.9 Å². The molecule has 0 aromatic heterocycles. The van der Waals surface area contributed by atoms with Crippen LogP contribution in [0.3, 0.4) is 0 Å². The van der Waals surface area contributed by atoms with Crippen LogP contribution in [-0.2, 0) is 13.0 Å². The van der Waals surface area contributed by atoms with Gasteiger partial charge >= 0.3 is 0 Å². The molecule has 1 aromatic carbocycles. The van der Waals surface area contributed by atoms with Crippen molar-refractivity contribution < 1.29 is 9.47 Å². The number of hydrogen-bond donors (Lipinski definition) is 2. The number of halogens is 1. The minimum atomic E-state index is -0.0622. The van der Waals surface area contributed by atoms with E-state index in [1.165, 1.54) is 11.1 Å². The Morgan fingerprint density at radius 1 is 1.20 bits per heavy atom.